The van der Waals surface area contributed by atoms with Gasteiger partial charge in [-0.1, -0.05) is 12.1 Å². The molecule has 0 unspecified atom stereocenters. The molecule has 1 aromatic heterocycles. The van der Waals surface area contributed by atoms with Gasteiger partial charge < -0.3 is 19.8 Å². The summed E-state index contributed by atoms with van der Waals surface area (Å²) in [6, 6.07) is 11.5. The van der Waals surface area contributed by atoms with E-state index >= 15 is 0 Å². The van der Waals surface area contributed by atoms with Gasteiger partial charge in [-0.05, 0) is 36.2 Å². The molecule has 5 heteroatoms. The first-order valence-corrected chi connectivity index (χ1v) is 7.96. The molecule has 0 saturated carbocycles. The zero-order valence-electron chi connectivity index (χ0n) is 13.4. The van der Waals surface area contributed by atoms with Crippen LogP contribution in [0.3, 0.4) is 0 Å². The van der Waals surface area contributed by atoms with E-state index in [0.717, 1.165) is 22.0 Å². The Bertz CT molecular complexity index is 914. The van der Waals surface area contributed by atoms with E-state index in [1.54, 1.807) is 6.07 Å². The van der Waals surface area contributed by atoms with Gasteiger partial charge in [-0.25, -0.2) is 0 Å². The lowest BCUT2D eigenvalue weighted by Crippen LogP contribution is -2.17. The van der Waals surface area contributed by atoms with Crippen LogP contribution in [0, 0.1) is 6.92 Å². The molecule has 24 heavy (non-hydrogen) atoms. The molecule has 0 radical (unpaired) electrons. The minimum absolute atomic E-state index is 0.0594. The normalized spacial score (nSPS) is 13.0. The van der Waals surface area contributed by atoms with Crippen LogP contribution in [0.5, 0.6) is 11.5 Å². The second-order valence-electron chi connectivity index (χ2n) is 5.89. The minimum atomic E-state index is -0.0594. The van der Waals surface area contributed by atoms with E-state index in [9.17, 15) is 4.79 Å². The van der Waals surface area contributed by atoms with E-state index in [4.69, 9.17) is 9.47 Å². The predicted molar refractivity (Wildman–Crippen MR) is 92.8 cm³/mol. The van der Waals surface area contributed by atoms with E-state index in [-0.39, 0.29) is 5.91 Å². The molecule has 0 saturated heterocycles. The Morgan fingerprint density at radius 3 is 2.88 bits per heavy atom. The van der Waals surface area contributed by atoms with Crippen molar-refractivity contribution in [3.05, 3.63) is 53.7 Å². The highest BCUT2D eigenvalue weighted by Gasteiger charge is 2.14. The predicted octanol–water partition coefficient (Wildman–Crippen LogP) is 3.43. The third kappa shape index (κ3) is 2.69. The van der Waals surface area contributed by atoms with Crippen molar-refractivity contribution in [3.63, 3.8) is 0 Å². The van der Waals surface area contributed by atoms with Gasteiger partial charge in [0.05, 0.1) is 6.42 Å². The van der Waals surface area contributed by atoms with Crippen LogP contribution < -0.4 is 14.8 Å². The molecule has 2 heterocycles. The SMILES string of the molecule is Cc1cccc2[nH]cc(CC(=O)Nc3ccc4c(c3)OCCO4)c12. The van der Waals surface area contributed by atoms with E-state index < -0.39 is 0 Å². The Hall–Kier alpha value is -2.95. The van der Waals surface area contributed by atoms with E-state index in [2.05, 4.69) is 23.3 Å². The third-order valence-electron chi connectivity index (χ3n) is 4.17. The minimum Gasteiger partial charge on any atom is -0.486 e. The van der Waals surface area contributed by atoms with E-state index in [0.29, 0.717) is 36.8 Å². The van der Waals surface area contributed by atoms with Gasteiger partial charge in [0.25, 0.3) is 0 Å². The quantitative estimate of drug-likeness (QED) is 0.776. The highest BCUT2D eigenvalue weighted by Crippen LogP contribution is 2.32. The summed E-state index contributed by atoms with van der Waals surface area (Å²) >= 11 is 0. The number of hydrogen-bond donors (Lipinski definition) is 2. The van der Waals surface area contributed by atoms with Crippen LogP contribution in [0.4, 0.5) is 5.69 Å². The number of ether oxygens (including phenoxy) is 2. The fourth-order valence-corrected chi connectivity index (χ4v) is 3.09. The molecule has 1 aliphatic heterocycles. The molecule has 3 aromatic rings. The number of rotatable bonds is 3. The van der Waals surface area contributed by atoms with Crippen LogP contribution in [0.1, 0.15) is 11.1 Å². The van der Waals surface area contributed by atoms with Crippen molar-refractivity contribution >= 4 is 22.5 Å². The van der Waals surface area contributed by atoms with Crippen molar-refractivity contribution in [2.24, 2.45) is 0 Å². The van der Waals surface area contributed by atoms with Crippen molar-refractivity contribution in [3.8, 4) is 11.5 Å². The fourth-order valence-electron chi connectivity index (χ4n) is 3.09. The summed E-state index contributed by atoms with van der Waals surface area (Å²) < 4.78 is 11.0. The van der Waals surface area contributed by atoms with Crippen LogP contribution in [-0.4, -0.2) is 24.1 Å². The van der Waals surface area contributed by atoms with Crippen molar-refractivity contribution in [2.75, 3.05) is 18.5 Å². The first kappa shape index (κ1) is 14.6. The number of aromatic nitrogens is 1. The molecule has 0 fully saturated rings. The molecule has 1 aliphatic rings. The second-order valence-corrected chi connectivity index (χ2v) is 5.89. The lowest BCUT2D eigenvalue weighted by atomic mass is 10.1. The molecule has 1 amide bonds. The summed E-state index contributed by atoms with van der Waals surface area (Å²) in [6.07, 6.45) is 2.22. The number of carbonyl (C=O) groups is 1. The van der Waals surface area contributed by atoms with Gasteiger partial charge in [0.2, 0.25) is 5.91 Å². The van der Waals surface area contributed by atoms with E-state index in [1.807, 2.05) is 30.5 Å². The van der Waals surface area contributed by atoms with Gasteiger partial charge in [-0.3, -0.25) is 4.79 Å². The average molecular weight is 322 g/mol. The number of aromatic amines is 1. The topological polar surface area (TPSA) is 63.4 Å². The Labute approximate surface area is 139 Å². The zero-order valence-corrected chi connectivity index (χ0v) is 13.4. The Kier molecular flexibility index (Phi) is 3.61. The van der Waals surface area contributed by atoms with Crippen molar-refractivity contribution in [1.82, 2.24) is 4.98 Å². The second kappa shape index (κ2) is 5.92. The maximum Gasteiger partial charge on any atom is 0.228 e. The fraction of sp³-hybridized carbons (Fsp3) is 0.211. The Morgan fingerprint density at radius 1 is 1.17 bits per heavy atom. The zero-order chi connectivity index (χ0) is 16.5. The number of hydrogen-bond acceptors (Lipinski definition) is 3. The molecule has 2 N–H and O–H groups in total. The molecule has 122 valence electrons. The molecular weight excluding hydrogens is 304 g/mol. The van der Waals surface area contributed by atoms with E-state index in [1.165, 1.54) is 0 Å². The molecule has 0 aliphatic carbocycles. The highest BCUT2D eigenvalue weighted by atomic mass is 16.6. The standard InChI is InChI=1S/C19H18N2O3/c1-12-3-2-4-15-19(12)13(11-20-15)9-18(22)21-14-5-6-16-17(10-14)24-8-7-23-16/h2-6,10-11,20H,7-9H2,1H3,(H,21,22). The monoisotopic (exact) mass is 322 g/mol. The van der Waals surface area contributed by atoms with Crippen LogP contribution in [0.2, 0.25) is 0 Å². The number of anilines is 1. The molecule has 0 atom stereocenters. The van der Waals surface area contributed by atoms with Crippen LogP contribution in [-0.2, 0) is 11.2 Å². The number of H-pyrrole nitrogens is 1. The number of fused-ring (bicyclic) bond motifs is 2. The molecule has 2 aromatic carbocycles. The first-order chi connectivity index (χ1) is 11.7. The maximum atomic E-state index is 12.4. The van der Waals surface area contributed by atoms with Crippen molar-refractivity contribution in [2.45, 2.75) is 13.3 Å². The number of carbonyl (C=O) groups excluding carboxylic acids is 1. The van der Waals surface area contributed by atoms with Crippen molar-refractivity contribution < 1.29 is 14.3 Å². The molecule has 0 bridgehead atoms. The van der Waals surface area contributed by atoms with Gasteiger partial charge in [-0.2, -0.15) is 0 Å². The maximum absolute atomic E-state index is 12.4. The van der Waals surface area contributed by atoms with Crippen LogP contribution in [0.15, 0.2) is 42.6 Å². The van der Waals surface area contributed by atoms with Gasteiger partial charge in [-0.15, -0.1) is 0 Å². The summed E-state index contributed by atoms with van der Waals surface area (Å²) in [4.78, 5) is 15.6. The molecule has 4 rings (SSSR count). The van der Waals surface area contributed by atoms with Crippen molar-refractivity contribution in [1.29, 1.82) is 0 Å². The lowest BCUT2D eigenvalue weighted by molar-refractivity contribution is -0.115. The number of nitrogens with one attached hydrogen (secondary N) is 2. The Morgan fingerprint density at radius 2 is 2.00 bits per heavy atom. The van der Waals surface area contributed by atoms with Gasteiger partial charge in [0.15, 0.2) is 11.5 Å². The van der Waals surface area contributed by atoms with Gasteiger partial charge >= 0.3 is 0 Å². The molecule has 0 spiro atoms. The number of amides is 1. The van der Waals surface area contributed by atoms with Crippen LogP contribution >= 0.6 is 0 Å². The third-order valence-corrected chi connectivity index (χ3v) is 4.17. The van der Waals surface area contributed by atoms with Crippen LogP contribution in [0.25, 0.3) is 10.9 Å². The summed E-state index contributed by atoms with van der Waals surface area (Å²) in [6.45, 7) is 3.13. The molecular formula is C19H18N2O3. The number of aryl methyl sites for hydroxylation is 1. The summed E-state index contributed by atoms with van der Waals surface area (Å²) in [5, 5.41) is 4.05. The Balaban J connectivity index is 1.52. The highest BCUT2D eigenvalue weighted by molar-refractivity contribution is 5.96. The van der Waals surface area contributed by atoms with Gasteiger partial charge in [0, 0.05) is 28.9 Å². The summed E-state index contributed by atoms with van der Waals surface area (Å²) in [7, 11) is 0. The van der Waals surface area contributed by atoms with Gasteiger partial charge in [0.1, 0.15) is 13.2 Å². The number of benzene rings is 2. The average Bonchev–Trinajstić information content (AvgIpc) is 2.99. The largest absolute Gasteiger partial charge is 0.486 e. The first-order valence-electron chi connectivity index (χ1n) is 7.96. The summed E-state index contributed by atoms with van der Waals surface area (Å²) in [5.41, 5.74) is 3.92. The summed E-state index contributed by atoms with van der Waals surface area (Å²) in [5.74, 6) is 1.32. The lowest BCUT2D eigenvalue weighted by Gasteiger charge is -2.19. The smallest absolute Gasteiger partial charge is 0.228 e. The molecule has 5 nitrogen and oxygen atoms in total.